The van der Waals surface area contributed by atoms with Gasteiger partial charge in [-0.15, -0.1) is 0 Å². The molecule has 0 aliphatic heterocycles. The first-order chi connectivity index (χ1) is 12.2. The van der Waals surface area contributed by atoms with Crippen LogP contribution in [0, 0.1) is 0 Å². The highest BCUT2D eigenvalue weighted by molar-refractivity contribution is 7.92. The van der Waals surface area contributed by atoms with Crippen molar-refractivity contribution in [1.29, 1.82) is 0 Å². The number of carbonyl (C=O) groups is 1. The van der Waals surface area contributed by atoms with Crippen LogP contribution in [0.15, 0.2) is 53.4 Å². The summed E-state index contributed by atoms with van der Waals surface area (Å²) in [6.45, 7) is 1.74. The first-order valence-electron chi connectivity index (χ1n) is 7.94. The van der Waals surface area contributed by atoms with Gasteiger partial charge in [0.15, 0.2) is 9.84 Å². The molecule has 0 aromatic heterocycles. The lowest BCUT2D eigenvalue weighted by Gasteiger charge is -2.11. The summed E-state index contributed by atoms with van der Waals surface area (Å²) < 4.78 is 31.3. The maximum absolute atomic E-state index is 13.1. The fourth-order valence-corrected chi connectivity index (χ4v) is 5.78. The molecule has 2 aromatic rings. The van der Waals surface area contributed by atoms with E-state index in [9.17, 15) is 13.2 Å². The van der Waals surface area contributed by atoms with Gasteiger partial charge >= 0.3 is 5.97 Å². The zero-order chi connectivity index (χ0) is 19.1. The normalized spacial score (nSPS) is 24.9. The second kappa shape index (κ2) is 6.85. The largest absolute Gasteiger partial charge is 0.465 e. The third-order valence-corrected chi connectivity index (χ3v) is 7.24. The van der Waals surface area contributed by atoms with Gasteiger partial charge in [0.25, 0.3) is 0 Å². The molecular weight excluding hydrogens is 397 g/mol. The number of benzene rings is 2. The van der Waals surface area contributed by atoms with Crippen LogP contribution in [0.4, 0.5) is 0 Å². The van der Waals surface area contributed by atoms with Crippen LogP contribution < -0.4 is 5.73 Å². The van der Waals surface area contributed by atoms with Gasteiger partial charge in [0.1, 0.15) is 10.8 Å². The van der Waals surface area contributed by atoms with Crippen molar-refractivity contribution in [3.63, 3.8) is 0 Å². The molecule has 1 aliphatic rings. The molecule has 0 amide bonds. The Labute approximate surface area is 162 Å². The average Bonchev–Trinajstić information content (AvgIpc) is 3.24. The fraction of sp³-hybridized carbons (Fsp3) is 0.278. The minimum Gasteiger partial charge on any atom is -0.465 e. The Hall–Kier alpha value is -1.60. The van der Waals surface area contributed by atoms with Gasteiger partial charge in [-0.3, -0.25) is 0 Å². The van der Waals surface area contributed by atoms with Crippen molar-refractivity contribution in [3.8, 4) is 0 Å². The highest BCUT2D eigenvalue weighted by atomic mass is 35.5. The van der Waals surface area contributed by atoms with Crippen LogP contribution in [-0.4, -0.2) is 31.8 Å². The summed E-state index contributed by atoms with van der Waals surface area (Å²) in [7, 11) is -3.89. The number of hydrogen-bond acceptors (Lipinski definition) is 5. The zero-order valence-corrected chi connectivity index (χ0v) is 16.2. The van der Waals surface area contributed by atoms with Gasteiger partial charge in [0, 0.05) is 16.0 Å². The standard InChI is InChI=1S/C18H17Cl2NO4S/c1-2-25-17(22)18(21)15(11-4-3-5-13(20)10-11)16(18)26(23,24)14-8-6-12(19)7-9-14/h3-10,15-16H,2,21H2,1H3/t15-,16+,18-/m1/s1. The van der Waals surface area contributed by atoms with Crippen LogP contribution in [-0.2, 0) is 19.4 Å². The molecule has 8 heteroatoms. The average molecular weight is 414 g/mol. The molecule has 0 heterocycles. The predicted octanol–water partition coefficient (Wildman–Crippen LogP) is 3.19. The van der Waals surface area contributed by atoms with Gasteiger partial charge in [-0.05, 0) is 48.9 Å². The number of esters is 1. The van der Waals surface area contributed by atoms with Crippen molar-refractivity contribution < 1.29 is 17.9 Å². The SMILES string of the molecule is CCOC(=O)[C@@]1(N)[C@H](c2cccc(Cl)c2)[C@@H]1S(=O)(=O)c1ccc(Cl)cc1. The lowest BCUT2D eigenvalue weighted by Crippen LogP contribution is -2.41. The minimum atomic E-state index is -3.89. The lowest BCUT2D eigenvalue weighted by atomic mass is 10.1. The Balaban J connectivity index is 2.07. The van der Waals surface area contributed by atoms with Crippen molar-refractivity contribution >= 4 is 39.0 Å². The first kappa shape index (κ1) is 19.2. The Bertz CT molecular complexity index is 946. The van der Waals surface area contributed by atoms with Crippen LogP contribution >= 0.6 is 23.2 Å². The number of rotatable bonds is 5. The van der Waals surface area contributed by atoms with E-state index in [-0.39, 0.29) is 11.5 Å². The zero-order valence-electron chi connectivity index (χ0n) is 13.9. The van der Waals surface area contributed by atoms with E-state index >= 15 is 0 Å². The van der Waals surface area contributed by atoms with E-state index in [1.165, 1.54) is 24.3 Å². The van der Waals surface area contributed by atoms with Crippen molar-refractivity contribution in [1.82, 2.24) is 0 Å². The summed E-state index contributed by atoms with van der Waals surface area (Å²) in [4.78, 5) is 12.5. The Kier molecular flexibility index (Phi) is 5.05. The number of nitrogens with two attached hydrogens (primary N) is 1. The summed E-state index contributed by atoms with van der Waals surface area (Å²) in [5, 5.41) is -0.299. The third kappa shape index (κ3) is 3.11. The van der Waals surface area contributed by atoms with Crippen molar-refractivity contribution in [2.75, 3.05) is 6.61 Å². The number of hydrogen-bond donors (Lipinski definition) is 1. The molecular formula is C18H17Cl2NO4S. The van der Waals surface area contributed by atoms with Crippen molar-refractivity contribution in [2.45, 2.75) is 28.5 Å². The van der Waals surface area contributed by atoms with Gasteiger partial charge in [-0.25, -0.2) is 13.2 Å². The topological polar surface area (TPSA) is 86.5 Å². The van der Waals surface area contributed by atoms with Crippen LogP contribution in [0.5, 0.6) is 0 Å². The van der Waals surface area contributed by atoms with Crippen LogP contribution in [0.1, 0.15) is 18.4 Å². The number of carbonyl (C=O) groups excluding carboxylic acids is 1. The van der Waals surface area contributed by atoms with E-state index in [1.807, 2.05) is 0 Å². The Morgan fingerprint density at radius 3 is 2.38 bits per heavy atom. The molecule has 0 unspecified atom stereocenters. The predicted molar refractivity (Wildman–Crippen MR) is 100 cm³/mol. The Morgan fingerprint density at radius 1 is 1.15 bits per heavy atom. The summed E-state index contributed by atoms with van der Waals surface area (Å²) in [6.07, 6.45) is 0. The molecule has 26 heavy (non-hydrogen) atoms. The van der Waals surface area contributed by atoms with Crippen LogP contribution in [0.25, 0.3) is 0 Å². The fourth-order valence-electron chi connectivity index (χ4n) is 3.23. The van der Waals surface area contributed by atoms with E-state index in [0.717, 1.165) is 0 Å². The molecule has 1 fully saturated rings. The number of ether oxygens (including phenoxy) is 1. The second-order valence-corrected chi connectivity index (χ2v) is 9.05. The van der Waals surface area contributed by atoms with E-state index in [1.54, 1.807) is 31.2 Å². The van der Waals surface area contributed by atoms with Gasteiger partial charge in [0.2, 0.25) is 0 Å². The van der Waals surface area contributed by atoms with E-state index in [4.69, 9.17) is 33.7 Å². The van der Waals surface area contributed by atoms with Crippen LogP contribution in [0.3, 0.4) is 0 Å². The molecule has 3 atom stereocenters. The van der Waals surface area contributed by atoms with Gasteiger partial charge < -0.3 is 10.5 Å². The molecule has 138 valence electrons. The molecule has 3 rings (SSSR count). The molecule has 2 N–H and O–H groups in total. The highest BCUT2D eigenvalue weighted by Crippen LogP contribution is 2.56. The third-order valence-electron chi connectivity index (χ3n) is 4.49. The maximum Gasteiger partial charge on any atom is 0.328 e. The quantitative estimate of drug-likeness (QED) is 0.760. The lowest BCUT2D eigenvalue weighted by molar-refractivity contribution is -0.145. The summed E-state index contributed by atoms with van der Waals surface area (Å²) >= 11 is 11.9. The van der Waals surface area contributed by atoms with E-state index in [2.05, 4.69) is 0 Å². The highest BCUT2D eigenvalue weighted by Gasteiger charge is 2.74. The second-order valence-electron chi connectivity index (χ2n) is 6.11. The van der Waals surface area contributed by atoms with Crippen molar-refractivity contribution in [2.24, 2.45) is 5.73 Å². The monoisotopic (exact) mass is 413 g/mol. The summed E-state index contributed by atoms with van der Waals surface area (Å²) in [5.41, 5.74) is 5.19. The van der Waals surface area contributed by atoms with E-state index in [0.29, 0.717) is 15.6 Å². The molecule has 5 nitrogen and oxygen atoms in total. The minimum absolute atomic E-state index is 0.0514. The summed E-state index contributed by atoms with van der Waals surface area (Å²) in [5.74, 6) is -1.49. The molecule has 1 saturated carbocycles. The van der Waals surface area contributed by atoms with Gasteiger partial charge in [0.05, 0.1) is 11.5 Å². The summed E-state index contributed by atoms with van der Waals surface area (Å²) in [6, 6.07) is 12.4. The molecule has 0 radical (unpaired) electrons. The Morgan fingerprint density at radius 2 is 1.81 bits per heavy atom. The molecule has 0 saturated heterocycles. The maximum atomic E-state index is 13.1. The first-order valence-corrected chi connectivity index (χ1v) is 10.2. The number of sulfone groups is 1. The molecule has 2 aromatic carbocycles. The van der Waals surface area contributed by atoms with E-state index < -0.39 is 32.5 Å². The molecule has 0 bridgehead atoms. The van der Waals surface area contributed by atoms with Crippen LogP contribution in [0.2, 0.25) is 10.0 Å². The molecule has 1 aliphatic carbocycles. The van der Waals surface area contributed by atoms with Gasteiger partial charge in [-0.1, -0.05) is 35.3 Å². The smallest absolute Gasteiger partial charge is 0.328 e. The number of halogens is 2. The van der Waals surface area contributed by atoms with Crippen molar-refractivity contribution in [3.05, 3.63) is 64.1 Å². The molecule has 0 spiro atoms. The van der Waals surface area contributed by atoms with Gasteiger partial charge in [-0.2, -0.15) is 0 Å².